The number of hydrogen-bond donors (Lipinski definition) is 1. The molecule has 106 valence electrons. The summed E-state index contributed by atoms with van der Waals surface area (Å²) in [7, 11) is 2.15. The molecule has 1 saturated carbocycles. The van der Waals surface area contributed by atoms with Gasteiger partial charge in [0.05, 0.1) is 12.1 Å². The highest BCUT2D eigenvalue weighted by Crippen LogP contribution is 2.35. The first kappa shape index (κ1) is 13.0. The van der Waals surface area contributed by atoms with Gasteiger partial charge in [0.15, 0.2) is 5.82 Å². The lowest BCUT2D eigenvalue weighted by Crippen LogP contribution is -2.44. The molecule has 1 aliphatic carbocycles. The molecule has 1 aliphatic heterocycles. The highest BCUT2D eigenvalue weighted by atomic mass is 16.5. The lowest BCUT2D eigenvalue weighted by Gasteiger charge is -2.31. The fourth-order valence-electron chi connectivity index (χ4n) is 2.95. The summed E-state index contributed by atoms with van der Waals surface area (Å²) in [6.07, 6.45) is 4.24. The van der Waals surface area contributed by atoms with Gasteiger partial charge in [-0.3, -0.25) is 4.90 Å². The SMILES string of the molecule is CN1CCN(Cc2noc(C3(N)CCCC3)n2)CC1. The summed E-state index contributed by atoms with van der Waals surface area (Å²) >= 11 is 0. The van der Waals surface area contributed by atoms with Crippen molar-refractivity contribution >= 4 is 0 Å². The maximum absolute atomic E-state index is 6.33. The summed E-state index contributed by atoms with van der Waals surface area (Å²) in [5, 5.41) is 4.10. The average molecular weight is 265 g/mol. The lowest BCUT2D eigenvalue weighted by molar-refractivity contribution is 0.144. The zero-order valence-corrected chi connectivity index (χ0v) is 11.6. The van der Waals surface area contributed by atoms with Crippen LogP contribution in [-0.2, 0) is 12.1 Å². The minimum absolute atomic E-state index is 0.368. The Morgan fingerprint density at radius 3 is 2.58 bits per heavy atom. The van der Waals surface area contributed by atoms with Crippen LogP contribution in [0.4, 0.5) is 0 Å². The van der Waals surface area contributed by atoms with E-state index in [1.165, 1.54) is 0 Å². The summed E-state index contributed by atoms with van der Waals surface area (Å²) in [4.78, 5) is 9.23. The van der Waals surface area contributed by atoms with Crippen LogP contribution in [0, 0.1) is 0 Å². The van der Waals surface area contributed by atoms with Gasteiger partial charge < -0.3 is 15.2 Å². The van der Waals surface area contributed by atoms with Crippen LogP contribution in [0.2, 0.25) is 0 Å². The van der Waals surface area contributed by atoms with Crippen LogP contribution in [-0.4, -0.2) is 53.2 Å². The van der Waals surface area contributed by atoms with E-state index in [-0.39, 0.29) is 5.54 Å². The molecule has 1 saturated heterocycles. The van der Waals surface area contributed by atoms with Crippen LogP contribution in [0.15, 0.2) is 4.52 Å². The predicted molar refractivity (Wildman–Crippen MR) is 71.4 cm³/mol. The van der Waals surface area contributed by atoms with E-state index in [0.29, 0.717) is 5.89 Å². The molecule has 1 aromatic rings. The highest BCUT2D eigenvalue weighted by Gasteiger charge is 2.36. The minimum atomic E-state index is -0.368. The Bertz CT molecular complexity index is 418. The summed E-state index contributed by atoms with van der Waals surface area (Å²) in [6, 6.07) is 0. The van der Waals surface area contributed by atoms with E-state index in [0.717, 1.165) is 64.2 Å². The van der Waals surface area contributed by atoms with Crippen LogP contribution < -0.4 is 5.73 Å². The molecule has 6 heteroatoms. The van der Waals surface area contributed by atoms with Crippen molar-refractivity contribution in [2.45, 2.75) is 37.8 Å². The average Bonchev–Trinajstić information content (AvgIpc) is 3.02. The van der Waals surface area contributed by atoms with Gasteiger partial charge in [-0.1, -0.05) is 18.0 Å². The standard InChI is InChI=1S/C13H23N5O/c1-17-6-8-18(9-7-17)10-11-15-12(19-16-11)13(14)4-2-3-5-13/h2-10,14H2,1H3. The Labute approximate surface area is 113 Å². The molecule has 0 unspecified atom stereocenters. The van der Waals surface area contributed by atoms with Crippen molar-refractivity contribution in [2.75, 3.05) is 33.2 Å². The predicted octanol–water partition coefficient (Wildman–Crippen LogP) is 0.545. The molecular weight excluding hydrogens is 242 g/mol. The molecule has 2 N–H and O–H groups in total. The van der Waals surface area contributed by atoms with Gasteiger partial charge in [0.25, 0.3) is 0 Å². The fraction of sp³-hybridized carbons (Fsp3) is 0.846. The molecule has 0 aromatic carbocycles. The van der Waals surface area contributed by atoms with E-state index in [1.54, 1.807) is 0 Å². The largest absolute Gasteiger partial charge is 0.337 e. The molecule has 0 spiro atoms. The molecule has 0 amide bonds. The van der Waals surface area contributed by atoms with Gasteiger partial charge in [0, 0.05) is 26.2 Å². The number of piperazine rings is 1. The van der Waals surface area contributed by atoms with E-state index in [9.17, 15) is 0 Å². The molecule has 19 heavy (non-hydrogen) atoms. The number of rotatable bonds is 3. The number of hydrogen-bond acceptors (Lipinski definition) is 6. The van der Waals surface area contributed by atoms with Gasteiger partial charge in [0.2, 0.25) is 5.89 Å². The summed E-state index contributed by atoms with van der Waals surface area (Å²) < 4.78 is 5.39. The third-order valence-electron chi connectivity index (χ3n) is 4.35. The van der Waals surface area contributed by atoms with Crippen LogP contribution in [0.5, 0.6) is 0 Å². The first-order chi connectivity index (χ1) is 9.16. The van der Waals surface area contributed by atoms with Crippen molar-refractivity contribution in [1.82, 2.24) is 19.9 Å². The molecule has 0 bridgehead atoms. The van der Waals surface area contributed by atoms with Crippen molar-refractivity contribution < 1.29 is 4.52 Å². The first-order valence-electron chi connectivity index (χ1n) is 7.19. The molecule has 0 radical (unpaired) electrons. The van der Waals surface area contributed by atoms with Gasteiger partial charge in [-0.05, 0) is 19.9 Å². The second kappa shape index (κ2) is 5.19. The van der Waals surface area contributed by atoms with Crippen LogP contribution in [0.3, 0.4) is 0 Å². The Morgan fingerprint density at radius 2 is 1.89 bits per heavy atom. The van der Waals surface area contributed by atoms with Crippen molar-refractivity contribution in [3.63, 3.8) is 0 Å². The molecule has 2 heterocycles. The Kier molecular flexibility index (Phi) is 3.56. The zero-order valence-electron chi connectivity index (χ0n) is 11.6. The monoisotopic (exact) mass is 265 g/mol. The van der Waals surface area contributed by atoms with E-state index < -0.39 is 0 Å². The Hall–Kier alpha value is -0.980. The highest BCUT2D eigenvalue weighted by molar-refractivity contribution is 5.04. The minimum Gasteiger partial charge on any atom is -0.337 e. The number of likely N-dealkylation sites (N-methyl/N-ethyl adjacent to an activating group) is 1. The molecule has 3 rings (SSSR count). The van der Waals surface area contributed by atoms with Crippen LogP contribution in [0.25, 0.3) is 0 Å². The Morgan fingerprint density at radius 1 is 1.21 bits per heavy atom. The van der Waals surface area contributed by atoms with E-state index in [2.05, 4.69) is 27.0 Å². The summed E-state index contributed by atoms with van der Waals surface area (Å²) in [5.41, 5.74) is 5.96. The van der Waals surface area contributed by atoms with Gasteiger partial charge in [-0.2, -0.15) is 4.98 Å². The van der Waals surface area contributed by atoms with Crippen molar-refractivity contribution in [3.05, 3.63) is 11.7 Å². The maximum atomic E-state index is 6.33. The van der Waals surface area contributed by atoms with E-state index >= 15 is 0 Å². The van der Waals surface area contributed by atoms with Gasteiger partial charge >= 0.3 is 0 Å². The summed E-state index contributed by atoms with van der Waals surface area (Å²) in [5.74, 6) is 1.41. The van der Waals surface area contributed by atoms with E-state index in [4.69, 9.17) is 10.3 Å². The number of nitrogens with zero attached hydrogens (tertiary/aromatic N) is 4. The van der Waals surface area contributed by atoms with Crippen molar-refractivity contribution in [3.8, 4) is 0 Å². The normalized spacial score (nSPS) is 24.9. The first-order valence-corrected chi connectivity index (χ1v) is 7.19. The molecule has 6 nitrogen and oxygen atoms in total. The molecule has 1 aromatic heterocycles. The molecule has 2 fully saturated rings. The second-order valence-electron chi connectivity index (χ2n) is 5.96. The molecule has 0 atom stereocenters. The third kappa shape index (κ3) is 2.80. The second-order valence-corrected chi connectivity index (χ2v) is 5.96. The topological polar surface area (TPSA) is 71.4 Å². The van der Waals surface area contributed by atoms with E-state index in [1.807, 2.05) is 0 Å². The maximum Gasteiger partial charge on any atom is 0.246 e. The van der Waals surface area contributed by atoms with Gasteiger partial charge in [-0.25, -0.2) is 0 Å². The fourth-order valence-corrected chi connectivity index (χ4v) is 2.95. The Balaban J connectivity index is 1.62. The smallest absolute Gasteiger partial charge is 0.246 e. The number of nitrogens with two attached hydrogens (primary N) is 1. The van der Waals surface area contributed by atoms with Crippen molar-refractivity contribution in [1.29, 1.82) is 0 Å². The summed E-state index contributed by atoms with van der Waals surface area (Å²) in [6.45, 7) is 5.10. The third-order valence-corrected chi connectivity index (χ3v) is 4.35. The molecule has 2 aliphatic rings. The van der Waals surface area contributed by atoms with Crippen LogP contribution >= 0.6 is 0 Å². The van der Waals surface area contributed by atoms with Crippen LogP contribution in [0.1, 0.15) is 37.4 Å². The molecular formula is C13H23N5O. The van der Waals surface area contributed by atoms with Crippen molar-refractivity contribution in [2.24, 2.45) is 5.73 Å². The number of aromatic nitrogens is 2. The lowest BCUT2D eigenvalue weighted by atomic mass is 9.99. The van der Waals surface area contributed by atoms with Gasteiger partial charge in [0.1, 0.15) is 0 Å². The van der Waals surface area contributed by atoms with Gasteiger partial charge in [-0.15, -0.1) is 0 Å². The quantitative estimate of drug-likeness (QED) is 0.860. The zero-order chi connectivity index (χ0) is 13.3.